The summed E-state index contributed by atoms with van der Waals surface area (Å²) >= 11 is 6.36. The molecule has 5 nitrogen and oxygen atoms in total. The maximum Gasteiger partial charge on any atom is 0.304 e. The fourth-order valence-corrected chi connectivity index (χ4v) is 3.22. The summed E-state index contributed by atoms with van der Waals surface area (Å²) in [6, 6.07) is 3.83. The second-order valence-electron chi connectivity index (χ2n) is 3.30. The second kappa shape index (κ2) is 6.35. The van der Waals surface area contributed by atoms with Gasteiger partial charge in [-0.3, -0.25) is 4.79 Å². The van der Waals surface area contributed by atoms with Gasteiger partial charge in [0.15, 0.2) is 0 Å². The zero-order valence-electron chi connectivity index (χ0n) is 9.13. The Morgan fingerprint density at radius 3 is 3.00 bits per heavy atom. The van der Waals surface area contributed by atoms with Gasteiger partial charge in [0.05, 0.1) is 20.8 Å². The molecule has 2 aromatic rings. The molecule has 0 fully saturated rings. The average molecular weight is 349 g/mol. The van der Waals surface area contributed by atoms with Gasteiger partial charge >= 0.3 is 5.97 Å². The van der Waals surface area contributed by atoms with Gasteiger partial charge in [0, 0.05) is 5.75 Å². The van der Waals surface area contributed by atoms with E-state index in [1.165, 1.54) is 23.1 Å². The van der Waals surface area contributed by atoms with Crippen LogP contribution in [0.4, 0.5) is 0 Å². The Kier molecular flexibility index (Phi) is 4.79. The van der Waals surface area contributed by atoms with Gasteiger partial charge in [-0.1, -0.05) is 0 Å². The van der Waals surface area contributed by atoms with Crippen LogP contribution in [0.25, 0.3) is 10.8 Å². The third-order valence-corrected chi connectivity index (χ3v) is 4.49. The van der Waals surface area contributed by atoms with E-state index in [9.17, 15) is 4.79 Å². The summed E-state index contributed by atoms with van der Waals surface area (Å²) in [6.45, 7) is 0. The fraction of sp³-hybridized carbons (Fsp3) is 0.300. The van der Waals surface area contributed by atoms with Crippen LogP contribution in [-0.4, -0.2) is 27.0 Å². The van der Waals surface area contributed by atoms with Crippen LogP contribution in [0.3, 0.4) is 0 Å². The molecule has 2 heterocycles. The molecule has 96 valence electrons. The Bertz CT molecular complexity index is 541. The highest BCUT2D eigenvalue weighted by molar-refractivity contribution is 9.11. The van der Waals surface area contributed by atoms with Crippen LogP contribution < -0.4 is 0 Å². The first-order valence-electron chi connectivity index (χ1n) is 5.03. The number of carbonyl (C=O) groups is 1. The summed E-state index contributed by atoms with van der Waals surface area (Å²) in [7, 11) is 0. The van der Waals surface area contributed by atoms with E-state index in [4.69, 9.17) is 9.52 Å². The molecule has 2 rings (SSSR count). The highest BCUT2D eigenvalue weighted by Crippen LogP contribution is 2.30. The normalized spacial score (nSPS) is 10.7. The number of nitrogens with zero attached hydrogens (tertiary/aromatic N) is 2. The first kappa shape index (κ1) is 13.6. The number of hydrogen-bond donors (Lipinski definition) is 1. The SMILES string of the molecule is O=C(O)CCSCc1nnc(-c2ccc(Br)s2)o1. The van der Waals surface area contributed by atoms with Gasteiger partial charge in [0.1, 0.15) is 0 Å². The van der Waals surface area contributed by atoms with Crippen molar-refractivity contribution in [3.05, 3.63) is 21.8 Å². The molecule has 0 saturated heterocycles. The van der Waals surface area contributed by atoms with Gasteiger partial charge in [-0.2, -0.15) is 11.8 Å². The lowest BCUT2D eigenvalue weighted by atomic mass is 10.5. The molecule has 1 N–H and O–H groups in total. The first-order chi connectivity index (χ1) is 8.65. The summed E-state index contributed by atoms with van der Waals surface area (Å²) < 4.78 is 6.50. The molecular weight excluding hydrogens is 340 g/mol. The number of thioether (sulfide) groups is 1. The fourth-order valence-electron chi connectivity index (χ4n) is 1.16. The molecule has 0 unspecified atom stereocenters. The quantitative estimate of drug-likeness (QED) is 0.807. The largest absolute Gasteiger partial charge is 0.481 e. The van der Waals surface area contributed by atoms with Crippen molar-refractivity contribution in [3.8, 4) is 10.8 Å². The number of hydrogen-bond acceptors (Lipinski definition) is 6. The van der Waals surface area contributed by atoms with Crippen molar-refractivity contribution >= 4 is 45.0 Å². The molecule has 0 saturated carbocycles. The van der Waals surface area contributed by atoms with E-state index >= 15 is 0 Å². The lowest BCUT2D eigenvalue weighted by Gasteiger charge is -1.94. The Hall–Kier alpha value is -0.860. The van der Waals surface area contributed by atoms with Gasteiger partial charge in [-0.25, -0.2) is 0 Å². The topological polar surface area (TPSA) is 76.2 Å². The number of aliphatic carboxylic acids is 1. The molecule has 0 atom stereocenters. The number of aromatic nitrogens is 2. The molecule has 0 radical (unpaired) electrons. The average Bonchev–Trinajstić information content (AvgIpc) is 2.93. The van der Waals surface area contributed by atoms with E-state index in [1.54, 1.807) is 0 Å². The van der Waals surface area contributed by atoms with Crippen molar-refractivity contribution in [2.45, 2.75) is 12.2 Å². The molecule has 0 aromatic carbocycles. The standard InChI is InChI=1S/C10H9BrN2O3S2/c11-7-2-1-6(18-7)10-13-12-8(16-10)5-17-4-3-9(14)15/h1-2H,3-5H2,(H,14,15). The van der Waals surface area contributed by atoms with Crippen LogP contribution in [0.1, 0.15) is 12.3 Å². The molecule has 0 aliphatic rings. The van der Waals surface area contributed by atoms with Crippen molar-refractivity contribution in [1.82, 2.24) is 10.2 Å². The van der Waals surface area contributed by atoms with Crippen LogP contribution in [0.2, 0.25) is 0 Å². The molecule has 2 aromatic heterocycles. The molecule has 18 heavy (non-hydrogen) atoms. The number of carboxylic acid groups (broad SMARTS) is 1. The van der Waals surface area contributed by atoms with Crippen molar-refractivity contribution in [3.63, 3.8) is 0 Å². The number of halogens is 1. The number of rotatable bonds is 6. The van der Waals surface area contributed by atoms with Gasteiger partial charge in [0.25, 0.3) is 5.89 Å². The second-order valence-corrected chi connectivity index (χ2v) is 6.87. The van der Waals surface area contributed by atoms with E-state index in [1.807, 2.05) is 12.1 Å². The zero-order chi connectivity index (χ0) is 13.0. The number of carboxylic acids is 1. The third-order valence-electron chi connectivity index (χ3n) is 1.94. The summed E-state index contributed by atoms with van der Waals surface area (Å²) in [4.78, 5) is 11.2. The predicted molar refractivity (Wildman–Crippen MR) is 73.7 cm³/mol. The zero-order valence-corrected chi connectivity index (χ0v) is 12.3. The molecule has 0 aliphatic carbocycles. The molecule has 0 aliphatic heterocycles. The lowest BCUT2D eigenvalue weighted by Crippen LogP contribution is -1.96. The minimum Gasteiger partial charge on any atom is -0.481 e. The smallest absolute Gasteiger partial charge is 0.304 e. The number of thiophene rings is 1. The summed E-state index contributed by atoms with van der Waals surface area (Å²) in [5, 5.41) is 16.4. The minimum atomic E-state index is -0.794. The molecular formula is C10H9BrN2O3S2. The monoisotopic (exact) mass is 348 g/mol. The Morgan fingerprint density at radius 1 is 1.50 bits per heavy atom. The van der Waals surface area contributed by atoms with Crippen molar-refractivity contribution < 1.29 is 14.3 Å². The van der Waals surface area contributed by atoms with E-state index in [-0.39, 0.29) is 6.42 Å². The van der Waals surface area contributed by atoms with Crippen LogP contribution in [0.5, 0.6) is 0 Å². The van der Waals surface area contributed by atoms with E-state index in [0.717, 1.165) is 8.66 Å². The van der Waals surface area contributed by atoms with E-state index in [0.29, 0.717) is 23.3 Å². The molecule has 0 spiro atoms. The Morgan fingerprint density at radius 2 is 2.33 bits per heavy atom. The van der Waals surface area contributed by atoms with Crippen LogP contribution in [-0.2, 0) is 10.5 Å². The molecule has 0 amide bonds. The summed E-state index contributed by atoms with van der Waals surface area (Å²) in [5.41, 5.74) is 0. The highest BCUT2D eigenvalue weighted by Gasteiger charge is 2.10. The minimum absolute atomic E-state index is 0.142. The van der Waals surface area contributed by atoms with Crippen molar-refractivity contribution in [2.24, 2.45) is 0 Å². The van der Waals surface area contributed by atoms with E-state index < -0.39 is 5.97 Å². The van der Waals surface area contributed by atoms with Crippen LogP contribution in [0.15, 0.2) is 20.3 Å². The van der Waals surface area contributed by atoms with Gasteiger partial charge in [-0.15, -0.1) is 21.5 Å². The predicted octanol–water partition coefficient (Wildman–Crippen LogP) is 3.27. The van der Waals surface area contributed by atoms with Gasteiger partial charge in [-0.05, 0) is 28.1 Å². The highest BCUT2D eigenvalue weighted by atomic mass is 79.9. The van der Waals surface area contributed by atoms with Gasteiger partial charge in [0.2, 0.25) is 5.89 Å². The van der Waals surface area contributed by atoms with Crippen molar-refractivity contribution in [2.75, 3.05) is 5.75 Å². The van der Waals surface area contributed by atoms with E-state index in [2.05, 4.69) is 26.1 Å². The summed E-state index contributed by atoms with van der Waals surface area (Å²) in [6.07, 6.45) is 0.142. The first-order valence-corrected chi connectivity index (χ1v) is 7.79. The molecule has 0 bridgehead atoms. The van der Waals surface area contributed by atoms with Gasteiger partial charge < -0.3 is 9.52 Å². The van der Waals surface area contributed by atoms with Crippen molar-refractivity contribution in [1.29, 1.82) is 0 Å². The van der Waals surface area contributed by atoms with Crippen LogP contribution in [0, 0.1) is 0 Å². The maximum atomic E-state index is 10.3. The molecule has 8 heteroatoms. The summed E-state index contributed by atoms with van der Waals surface area (Å²) in [5.74, 6) is 1.30. The maximum absolute atomic E-state index is 10.3. The van der Waals surface area contributed by atoms with Crippen LogP contribution >= 0.6 is 39.0 Å². The lowest BCUT2D eigenvalue weighted by molar-refractivity contribution is -0.136. The third kappa shape index (κ3) is 3.82. The Balaban J connectivity index is 1.88. The Labute approximate surface area is 120 Å².